The van der Waals surface area contributed by atoms with Gasteiger partial charge in [-0.1, -0.05) is 0 Å². The minimum Gasteiger partial charge on any atom is -0.394 e. The molecule has 100 valence electrons. The molecule has 1 aromatic rings. The van der Waals surface area contributed by atoms with Gasteiger partial charge in [-0.25, -0.2) is 13.2 Å². The number of nitrogens with zero attached hydrogens (tertiary/aromatic N) is 1. The van der Waals surface area contributed by atoms with Crippen LogP contribution in [0.15, 0.2) is 12.1 Å². The van der Waals surface area contributed by atoms with E-state index in [1.165, 1.54) is 0 Å². The number of aliphatic hydroxyl groups is 1. The topological polar surface area (TPSA) is 35.5 Å². The van der Waals surface area contributed by atoms with Gasteiger partial charge in [-0.3, -0.25) is 4.90 Å². The third kappa shape index (κ3) is 2.66. The van der Waals surface area contributed by atoms with Crippen molar-refractivity contribution >= 4 is 0 Å². The molecule has 1 atom stereocenters. The van der Waals surface area contributed by atoms with Gasteiger partial charge < -0.3 is 10.4 Å². The van der Waals surface area contributed by atoms with Crippen LogP contribution in [0.5, 0.6) is 0 Å². The van der Waals surface area contributed by atoms with Crippen LogP contribution >= 0.6 is 0 Å². The Hall–Kier alpha value is -1.11. The molecule has 0 amide bonds. The van der Waals surface area contributed by atoms with E-state index < -0.39 is 23.5 Å². The summed E-state index contributed by atoms with van der Waals surface area (Å²) in [6.07, 6.45) is 0. The standard InChI is InChI=1S/C12H15F3N2O/c13-9-5-8(6-10(14)12(9)15)11(7-18)17-3-1-16-2-4-17/h5-6,11,16,18H,1-4,7H2. The monoisotopic (exact) mass is 260 g/mol. The lowest BCUT2D eigenvalue weighted by Crippen LogP contribution is -2.46. The third-order valence-corrected chi connectivity index (χ3v) is 3.16. The number of rotatable bonds is 3. The maximum Gasteiger partial charge on any atom is 0.194 e. The van der Waals surface area contributed by atoms with Crippen molar-refractivity contribution in [1.29, 1.82) is 0 Å². The summed E-state index contributed by atoms with van der Waals surface area (Å²) in [7, 11) is 0. The van der Waals surface area contributed by atoms with Gasteiger partial charge in [0.2, 0.25) is 0 Å². The maximum atomic E-state index is 13.2. The lowest BCUT2D eigenvalue weighted by molar-refractivity contribution is 0.110. The summed E-state index contributed by atoms with van der Waals surface area (Å²) >= 11 is 0. The first-order chi connectivity index (χ1) is 8.63. The molecular weight excluding hydrogens is 245 g/mol. The minimum atomic E-state index is -1.48. The predicted molar refractivity (Wildman–Crippen MR) is 60.6 cm³/mol. The number of benzene rings is 1. The van der Waals surface area contributed by atoms with Gasteiger partial charge >= 0.3 is 0 Å². The van der Waals surface area contributed by atoms with Gasteiger partial charge in [-0.15, -0.1) is 0 Å². The normalized spacial score (nSPS) is 18.9. The fraction of sp³-hybridized carbons (Fsp3) is 0.500. The number of hydrogen-bond acceptors (Lipinski definition) is 3. The number of nitrogens with one attached hydrogen (secondary N) is 1. The highest BCUT2D eigenvalue weighted by atomic mass is 19.2. The molecule has 0 saturated carbocycles. The zero-order valence-corrected chi connectivity index (χ0v) is 9.80. The fourth-order valence-electron chi connectivity index (χ4n) is 2.19. The number of aliphatic hydroxyl groups excluding tert-OH is 1. The molecule has 2 N–H and O–H groups in total. The molecule has 3 nitrogen and oxygen atoms in total. The fourth-order valence-corrected chi connectivity index (χ4v) is 2.19. The van der Waals surface area contributed by atoms with Crippen LogP contribution in [0.3, 0.4) is 0 Å². The first-order valence-electron chi connectivity index (χ1n) is 5.83. The van der Waals surface area contributed by atoms with Gasteiger partial charge in [0.25, 0.3) is 0 Å². The van der Waals surface area contributed by atoms with E-state index in [2.05, 4.69) is 5.32 Å². The van der Waals surface area contributed by atoms with Crippen LogP contribution in [0, 0.1) is 17.5 Å². The zero-order chi connectivity index (χ0) is 13.1. The van der Waals surface area contributed by atoms with E-state index >= 15 is 0 Å². The molecule has 0 spiro atoms. The van der Waals surface area contributed by atoms with Crippen molar-refractivity contribution in [1.82, 2.24) is 10.2 Å². The molecule has 1 unspecified atom stereocenters. The lowest BCUT2D eigenvalue weighted by Gasteiger charge is -2.34. The highest BCUT2D eigenvalue weighted by molar-refractivity contribution is 5.23. The Bertz CT molecular complexity index is 399. The van der Waals surface area contributed by atoms with Gasteiger partial charge in [0.05, 0.1) is 12.6 Å². The van der Waals surface area contributed by atoms with Gasteiger partial charge in [0.1, 0.15) is 0 Å². The highest BCUT2D eigenvalue weighted by Gasteiger charge is 2.23. The van der Waals surface area contributed by atoms with Crippen LogP contribution in [0.1, 0.15) is 11.6 Å². The molecule has 2 rings (SSSR count). The lowest BCUT2D eigenvalue weighted by atomic mass is 10.0. The molecule has 0 aromatic heterocycles. The van der Waals surface area contributed by atoms with Crippen LogP contribution < -0.4 is 5.32 Å². The largest absolute Gasteiger partial charge is 0.394 e. The summed E-state index contributed by atoms with van der Waals surface area (Å²) in [5.41, 5.74) is 0.260. The smallest absolute Gasteiger partial charge is 0.194 e. The molecule has 1 aromatic carbocycles. The van der Waals surface area contributed by atoms with Crippen molar-refractivity contribution in [2.45, 2.75) is 6.04 Å². The van der Waals surface area contributed by atoms with Gasteiger partial charge in [-0.05, 0) is 17.7 Å². The Morgan fingerprint density at radius 1 is 1.17 bits per heavy atom. The van der Waals surface area contributed by atoms with Crippen LogP contribution in [-0.4, -0.2) is 42.8 Å². The maximum absolute atomic E-state index is 13.2. The van der Waals surface area contributed by atoms with Gasteiger partial charge in [0, 0.05) is 26.2 Å². The molecule has 1 saturated heterocycles. The first kappa shape index (κ1) is 13.3. The summed E-state index contributed by atoms with van der Waals surface area (Å²) in [6.45, 7) is 2.59. The molecule has 1 aliphatic heterocycles. The third-order valence-electron chi connectivity index (χ3n) is 3.16. The average Bonchev–Trinajstić information content (AvgIpc) is 2.38. The molecule has 0 aliphatic carbocycles. The van der Waals surface area contributed by atoms with Crippen molar-refractivity contribution in [2.24, 2.45) is 0 Å². The van der Waals surface area contributed by atoms with Gasteiger partial charge in [0.15, 0.2) is 17.5 Å². The van der Waals surface area contributed by atoms with E-state index in [1.807, 2.05) is 4.90 Å². The summed E-state index contributed by atoms with van der Waals surface area (Å²) < 4.78 is 39.2. The quantitative estimate of drug-likeness (QED) is 0.797. The van der Waals surface area contributed by atoms with Crippen molar-refractivity contribution in [3.05, 3.63) is 35.1 Å². The van der Waals surface area contributed by atoms with E-state index in [0.29, 0.717) is 13.1 Å². The van der Waals surface area contributed by atoms with E-state index in [0.717, 1.165) is 25.2 Å². The van der Waals surface area contributed by atoms with E-state index in [1.54, 1.807) is 0 Å². The number of hydrogen-bond donors (Lipinski definition) is 2. The van der Waals surface area contributed by atoms with Crippen molar-refractivity contribution < 1.29 is 18.3 Å². The Morgan fingerprint density at radius 2 is 1.72 bits per heavy atom. The Kier molecular flexibility index (Phi) is 4.21. The van der Waals surface area contributed by atoms with Crippen molar-refractivity contribution in [3.8, 4) is 0 Å². The number of halogens is 3. The summed E-state index contributed by atoms with van der Waals surface area (Å²) in [5.74, 6) is -3.92. The Balaban J connectivity index is 2.26. The van der Waals surface area contributed by atoms with Crippen molar-refractivity contribution in [3.63, 3.8) is 0 Å². The van der Waals surface area contributed by atoms with Crippen LogP contribution in [0.4, 0.5) is 13.2 Å². The Morgan fingerprint density at radius 3 is 2.22 bits per heavy atom. The summed E-state index contributed by atoms with van der Waals surface area (Å²) in [5, 5.41) is 12.5. The molecule has 18 heavy (non-hydrogen) atoms. The zero-order valence-electron chi connectivity index (χ0n) is 9.80. The van der Waals surface area contributed by atoms with Crippen LogP contribution in [0.25, 0.3) is 0 Å². The summed E-state index contributed by atoms with van der Waals surface area (Å²) in [6, 6.07) is 1.39. The molecule has 1 fully saturated rings. The Labute approximate surface area is 103 Å². The van der Waals surface area contributed by atoms with E-state index in [9.17, 15) is 18.3 Å². The van der Waals surface area contributed by atoms with Gasteiger partial charge in [-0.2, -0.15) is 0 Å². The van der Waals surface area contributed by atoms with E-state index in [-0.39, 0.29) is 12.2 Å². The van der Waals surface area contributed by atoms with Crippen LogP contribution in [-0.2, 0) is 0 Å². The van der Waals surface area contributed by atoms with Crippen molar-refractivity contribution in [2.75, 3.05) is 32.8 Å². The minimum absolute atomic E-state index is 0.259. The predicted octanol–water partition coefficient (Wildman–Crippen LogP) is 1.04. The molecule has 0 bridgehead atoms. The second-order valence-electron chi connectivity index (χ2n) is 4.28. The molecule has 0 radical (unpaired) electrons. The average molecular weight is 260 g/mol. The second kappa shape index (κ2) is 5.69. The highest BCUT2D eigenvalue weighted by Crippen LogP contribution is 2.24. The SMILES string of the molecule is OCC(c1cc(F)c(F)c(F)c1)N1CCNCC1. The molecular formula is C12H15F3N2O. The second-order valence-corrected chi connectivity index (χ2v) is 4.28. The summed E-state index contributed by atoms with van der Waals surface area (Å²) in [4.78, 5) is 1.92. The molecule has 6 heteroatoms. The first-order valence-corrected chi connectivity index (χ1v) is 5.83. The molecule has 1 heterocycles. The number of piperazine rings is 1. The molecule has 1 aliphatic rings. The van der Waals surface area contributed by atoms with E-state index in [4.69, 9.17) is 0 Å². The van der Waals surface area contributed by atoms with Crippen LogP contribution in [0.2, 0.25) is 0 Å².